The highest BCUT2D eigenvalue weighted by molar-refractivity contribution is 5.66. The van der Waals surface area contributed by atoms with Gasteiger partial charge >= 0.3 is 6.09 Å². The summed E-state index contributed by atoms with van der Waals surface area (Å²) < 4.78 is 14.8. The predicted octanol–water partition coefficient (Wildman–Crippen LogP) is 1.64. The van der Waals surface area contributed by atoms with Crippen LogP contribution >= 0.6 is 0 Å². The Morgan fingerprint density at radius 2 is 2.15 bits per heavy atom. The van der Waals surface area contributed by atoms with Gasteiger partial charge in [-0.1, -0.05) is 17.3 Å². The van der Waals surface area contributed by atoms with Gasteiger partial charge in [-0.05, 0) is 12.1 Å². The number of hydrogen-bond donors (Lipinski definition) is 1. The van der Waals surface area contributed by atoms with Crippen LogP contribution in [0.15, 0.2) is 28.8 Å². The molecule has 0 spiro atoms. The first-order valence-corrected chi connectivity index (χ1v) is 6.02. The minimum atomic E-state index is -0.491. The van der Waals surface area contributed by atoms with Gasteiger partial charge < -0.3 is 19.3 Å². The zero-order valence-electron chi connectivity index (χ0n) is 11.3. The monoisotopic (exact) mass is 277 g/mol. The normalized spacial score (nSPS) is 10.1. The number of alkyl carbamates (subject to hydrolysis) is 1. The number of rotatable bonds is 5. The number of nitrogens with one attached hydrogen (secondary N) is 1. The van der Waals surface area contributed by atoms with Gasteiger partial charge in [0.05, 0.1) is 19.8 Å². The average molecular weight is 277 g/mol. The van der Waals surface area contributed by atoms with Crippen molar-refractivity contribution in [1.82, 2.24) is 15.5 Å². The number of amides is 1. The summed E-state index contributed by atoms with van der Waals surface area (Å²) in [6.07, 6.45) is -0.0634. The minimum absolute atomic E-state index is 0.361. The van der Waals surface area contributed by atoms with Gasteiger partial charge in [-0.25, -0.2) is 4.79 Å². The van der Waals surface area contributed by atoms with E-state index in [-0.39, 0.29) is 0 Å². The van der Waals surface area contributed by atoms with Gasteiger partial charge in [0, 0.05) is 13.0 Å². The summed E-state index contributed by atoms with van der Waals surface area (Å²) in [7, 11) is 2.89. The van der Waals surface area contributed by atoms with Crippen LogP contribution in [0.2, 0.25) is 0 Å². The molecular weight excluding hydrogens is 262 g/mol. The van der Waals surface area contributed by atoms with Crippen LogP contribution in [0.4, 0.5) is 4.79 Å². The molecule has 0 aliphatic carbocycles. The van der Waals surface area contributed by atoms with Crippen LogP contribution in [-0.4, -0.2) is 37.0 Å². The first kappa shape index (κ1) is 13.9. The molecule has 0 fully saturated rings. The lowest BCUT2D eigenvalue weighted by molar-refractivity contribution is 0.171. The number of carbonyl (C=O) groups excluding carboxylic acids is 1. The van der Waals surface area contributed by atoms with E-state index >= 15 is 0 Å². The van der Waals surface area contributed by atoms with E-state index in [0.29, 0.717) is 30.4 Å². The molecule has 106 valence electrons. The summed E-state index contributed by atoms with van der Waals surface area (Å²) in [5.41, 5.74) is 0.755. The summed E-state index contributed by atoms with van der Waals surface area (Å²) in [4.78, 5) is 15.2. The summed E-state index contributed by atoms with van der Waals surface area (Å²) in [5, 5.41) is 6.44. The maximum atomic E-state index is 10.9. The first-order chi connectivity index (χ1) is 9.74. The molecule has 0 radical (unpaired) electrons. The van der Waals surface area contributed by atoms with Crippen LogP contribution in [0.5, 0.6) is 5.75 Å². The molecular formula is C13H15N3O4. The number of methoxy groups -OCH3 is 2. The number of aromatic nitrogens is 2. The first-order valence-electron chi connectivity index (χ1n) is 6.02. The molecule has 0 aliphatic rings. The maximum Gasteiger partial charge on any atom is 0.406 e. The third-order valence-electron chi connectivity index (χ3n) is 2.61. The van der Waals surface area contributed by atoms with Crippen LogP contribution in [0.1, 0.15) is 5.89 Å². The fourth-order valence-corrected chi connectivity index (χ4v) is 1.64. The second-order valence-corrected chi connectivity index (χ2v) is 3.88. The molecule has 0 bridgehead atoms. The molecule has 2 aromatic rings. The molecule has 1 N–H and O–H groups in total. The number of benzene rings is 1. The molecule has 1 heterocycles. The van der Waals surface area contributed by atoms with Crippen molar-refractivity contribution in [3.05, 3.63) is 30.2 Å². The van der Waals surface area contributed by atoms with Gasteiger partial charge in [-0.3, -0.25) is 0 Å². The van der Waals surface area contributed by atoms with E-state index in [1.165, 1.54) is 7.11 Å². The molecule has 2 rings (SSSR count). The fourth-order valence-electron chi connectivity index (χ4n) is 1.64. The van der Waals surface area contributed by atoms with Gasteiger partial charge in [0.15, 0.2) is 0 Å². The second kappa shape index (κ2) is 6.55. The van der Waals surface area contributed by atoms with E-state index in [9.17, 15) is 4.79 Å². The zero-order chi connectivity index (χ0) is 14.4. The van der Waals surface area contributed by atoms with E-state index in [0.717, 1.165) is 5.56 Å². The summed E-state index contributed by atoms with van der Waals surface area (Å²) >= 11 is 0. The van der Waals surface area contributed by atoms with Gasteiger partial charge in [0.2, 0.25) is 11.7 Å². The molecule has 0 saturated carbocycles. The van der Waals surface area contributed by atoms with Crippen molar-refractivity contribution in [2.45, 2.75) is 6.42 Å². The maximum absolute atomic E-state index is 10.9. The van der Waals surface area contributed by atoms with E-state index in [2.05, 4.69) is 20.2 Å². The molecule has 1 aromatic heterocycles. The Balaban J connectivity index is 2.03. The topological polar surface area (TPSA) is 86.5 Å². The van der Waals surface area contributed by atoms with Crippen molar-refractivity contribution in [3.63, 3.8) is 0 Å². The number of hydrogen-bond acceptors (Lipinski definition) is 6. The smallest absolute Gasteiger partial charge is 0.406 e. The molecule has 7 heteroatoms. The zero-order valence-corrected chi connectivity index (χ0v) is 11.3. The molecule has 0 saturated heterocycles. The Morgan fingerprint density at radius 3 is 2.90 bits per heavy atom. The van der Waals surface area contributed by atoms with E-state index in [1.807, 2.05) is 24.3 Å². The SMILES string of the molecule is COC(=O)NCCc1nc(-c2ccccc2OC)no1. The Bertz CT molecular complexity index is 583. The predicted molar refractivity (Wildman–Crippen MR) is 70.4 cm³/mol. The molecule has 0 aliphatic heterocycles. The lowest BCUT2D eigenvalue weighted by Crippen LogP contribution is -2.25. The van der Waals surface area contributed by atoms with E-state index < -0.39 is 6.09 Å². The summed E-state index contributed by atoms with van der Waals surface area (Å²) in [5.74, 6) is 1.56. The van der Waals surface area contributed by atoms with Crippen molar-refractivity contribution in [2.24, 2.45) is 0 Å². The fraction of sp³-hybridized carbons (Fsp3) is 0.308. The van der Waals surface area contributed by atoms with Gasteiger partial charge in [-0.2, -0.15) is 4.98 Å². The van der Waals surface area contributed by atoms with Crippen molar-refractivity contribution in [1.29, 1.82) is 0 Å². The average Bonchev–Trinajstić information content (AvgIpc) is 2.95. The van der Waals surface area contributed by atoms with Crippen molar-refractivity contribution < 1.29 is 18.8 Å². The van der Waals surface area contributed by atoms with E-state index in [1.54, 1.807) is 7.11 Å². The van der Waals surface area contributed by atoms with Crippen LogP contribution in [0, 0.1) is 0 Å². The molecule has 0 atom stereocenters. The Kier molecular flexibility index (Phi) is 4.54. The largest absolute Gasteiger partial charge is 0.496 e. The highest BCUT2D eigenvalue weighted by Crippen LogP contribution is 2.26. The summed E-state index contributed by atoms with van der Waals surface area (Å²) in [6.45, 7) is 0.361. The molecule has 0 unspecified atom stereocenters. The third-order valence-corrected chi connectivity index (χ3v) is 2.61. The number of carbonyl (C=O) groups is 1. The summed E-state index contributed by atoms with van der Waals surface area (Å²) in [6, 6.07) is 7.40. The van der Waals surface area contributed by atoms with Crippen molar-refractivity contribution >= 4 is 6.09 Å². The van der Waals surface area contributed by atoms with Crippen LogP contribution in [-0.2, 0) is 11.2 Å². The highest BCUT2D eigenvalue weighted by Gasteiger charge is 2.12. The standard InChI is InChI=1S/C13H15N3O4/c1-18-10-6-4-3-5-9(10)12-15-11(20-16-12)7-8-14-13(17)19-2/h3-6H,7-8H2,1-2H3,(H,14,17). The lowest BCUT2D eigenvalue weighted by Gasteiger charge is -2.03. The lowest BCUT2D eigenvalue weighted by atomic mass is 10.2. The molecule has 1 aromatic carbocycles. The van der Waals surface area contributed by atoms with Gasteiger partial charge in [0.1, 0.15) is 5.75 Å². The molecule has 7 nitrogen and oxygen atoms in total. The number of nitrogens with zero attached hydrogens (tertiary/aromatic N) is 2. The van der Waals surface area contributed by atoms with E-state index in [4.69, 9.17) is 9.26 Å². The highest BCUT2D eigenvalue weighted by atomic mass is 16.5. The van der Waals surface area contributed by atoms with Crippen molar-refractivity contribution in [2.75, 3.05) is 20.8 Å². The van der Waals surface area contributed by atoms with Crippen LogP contribution < -0.4 is 10.1 Å². The molecule has 1 amide bonds. The van der Waals surface area contributed by atoms with Crippen LogP contribution in [0.25, 0.3) is 11.4 Å². The molecule has 20 heavy (non-hydrogen) atoms. The Labute approximate surface area is 115 Å². The number of ether oxygens (including phenoxy) is 2. The Morgan fingerprint density at radius 1 is 1.35 bits per heavy atom. The minimum Gasteiger partial charge on any atom is -0.496 e. The number of para-hydroxylation sites is 1. The van der Waals surface area contributed by atoms with Crippen molar-refractivity contribution in [3.8, 4) is 17.1 Å². The third kappa shape index (κ3) is 3.25. The second-order valence-electron chi connectivity index (χ2n) is 3.88. The Hall–Kier alpha value is -2.57. The van der Waals surface area contributed by atoms with Crippen LogP contribution in [0.3, 0.4) is 0 Å². The quantitative estimate of drug-likeness (QED) is 0.894. The van der Waals surface area contributed by atoms with Gasteiger partial charge in [0.25, 0.3) is 0 Å². The van der Waals surface area contributed by atoms with Gasteiger partial charge in [-0.15, -0.1) is 0 Å².